The first-order chi connectivity index (χ1) is 7.85. The van der Waals surface area contributed by atoms with Crippen LogP contribution in [0.25, 0.3) is 0 Å². The summed E-state index contributed by atoms with van der Waals surface area (Å²) in [5.74, 6) is -0.182. The van der Waals surface area contributed by atoms with Crippen LogP contribution < -0.4 is 5.73 Å². The zero-order valence-corrected chi connectivity index (χ0v) is 11.1. The van der Waals surface area contributed by atoms with Crippen molar-refractivity contribution in [1.82, 2.24) is 0 Å². The van der Waals surface area contributed by atoms with Crippen LogP contribution in [-0.2, 0) is 4.74 Å². The van der Waals surface area contributed by atoms with Crippen molar-refractivity contribution in [1.29, 1.82) is 0 Å². The lowest BCUT2D eigenvalue weighted by Crippen LogP contribution is -2.24. The van der Waals surface area contributed by atoms with Crippen molar-refractivity contribution in [3.05, 3.63) is 35.1 Å². The summed E-state index contributed by atoms with van der Waals surface area (Å²) in [5, 5.41) is 0. The van der Waals surface area contributed by atoms with Crippen molar-refractivity contribution < 1.29 is 9.13 Å². The Hall–Kier alpha value is -0.930. The summed E-state index contributed by atoms with van der Waals surface area (Å²) in [7, 11) is 1.70. The van der Waals surface area contributed by atoms with Gasteiger partial charge in [-0.1, -0.05) is 12.1 Å². The van der Waals surface area contributed by atoms with Gasteiger partial charge in [0.25, 0.3) is 0 Å². The molecule has 1 rings (SSSR count). The van der Waals surface area contributed by atoms with Crippen molar-refractivity contribution in [2.45, 2.75) is 45.3 Å². The molecule has 1 aromatic carbocycles. The average Bonchev–Trinajstić information content (AvgIpc) is 2.30. The van der Waals surface area contributed by atoms with Crippen LogP contribution in [0.5, 0.6) is 0 Å². The van der Waals surface area contributed by atoms with Gasteiger partial charge in [-0.3, -0.25) is 0 Å². The molecule has 0 aliphatic carbocycles. The summed E-state index contributed by atoms with van der Waals surface area (Å²) in [4.78, 5) is 0. The summed E-state index contributed by atoms with van der Waals surface area (Å²) in [6.45, 7) is 5.83. The highest BCUT2D eigenvalue weighted by Crippen LogP contribution is 2.23. The first-order valence-electron chi connectivity index (χ1n) is 5.92. The normalized spacial score (nSPS) is 13.8. The molecular formula is C14H22FNO. The van der Waals surface area contributed by atoms with Gasteiger partial charge in [0.05, 0.1) is 5.60 Å². The number of aryl methyl sites for hydroxylation is 1. The fraction of sp³-hybridized carbons (Fsp3) is 0.571. The zero-order chi connectivity index (χ0) is 13.1. The van der Waals surface area contributed by atoms with Crippen LogP contribution in [0.2, 0.25) is 0 Å². The third-order valence-corrected chi connectivity index (χ3v) is 3.22. The molecule has 0 saturated heterocycles. The zero-order valence-electron chi connectivity index (χ0n) is 11.1. The molecule has 0 aromatic heterocycles. The Kier molecular flexibility index (Phi) is 4.66. The fourth-order valence-corrected chi connectivity index (χ4v) is 1.67. The fourth-order valence-electron chi connectivity index (χ4n) is 1.67. The first kappa shape index (κ1) is 14.1. The summed E-state index contributed by atoms with van der Waals surface area (Å²) in [6, 6.07) is 4.99. The van der Waals surface area contributed by atoms with Gasteiger partial charge in [-0.15, -0.1) is 0 Å². The van der Waals surface area contributed by atoms with Crippen LogP contribution in [0.4, 0.5) is 4.39 Å². The predicted molar refractivity (Wildman–Crippen MR) is 68.4 cm³/mol. The molecule has 1 atom stereocenters. The van der Waals surface area contributed by atoms with E-state index in [1.54, 1.807) is 20.1 Å². The highest BCUT2D eigenvalue weighted by molar-refractivity contribution is 5.26. The highest BCUT2D eigenvalue weighted by atomic mass is 19.1. The third kappa shape index (κ3) is 4.10. The molecule has 0 amide bonds. The van der Waals surface area contributed by atoms with Crippen LogP contribution in [0, 0.1) is 12.7 Å². The molecule has 0 bridgehead atoms. The molecule has 0 radical (unpaired) electrons. The van der Waals surface area contributed by atoms with E-state index in [-0.39, 0.29) is 17.5 Å². The predicted octanol–water partition coefficient (Wildman–Crippen LogP) is 3.34. The third-order valence-electron chi connectivity index (χ3n) is 3.22. The number of nitrogens with two attached hydrogens (primary N) is 1. The maximum Gasteiger partial charge on any atom is 0.126 e. The van der Waals surface area contributed by atoms with Gasteiger partial charge in [0.2, 0.25) is 0 Å². The van der Waals surface area contributed by atoms with E-state index >= 15 is 0 Å². The van der Waals surface area contributed by atoms with Crippen LogP contribution in [0.1, 0.15) is 43.9 Å². The van der Waals surface area contributed by atoms with E-state index in [4.69, 9.17) is 10.5 Å². The van der Waals surface area contributed by atoms with E-state index in [1.165, 1.54) is 6.07 Å². The number of halogens is 1. The topological polar surface area (TPSA) is 35.2 Å². The molecule has 0 aliphatic heterocycles. The molecule has 2 N–H and O–H groups in total. The SMILES string of the molecule is COC(C)(C)CCC(N)c1ccc(F)c(C)c1. The van der Waals surface area contributed by atoms with Gasteiger partial charge in [-0.2, -0.15) is 0 Å². The van der Waals surface area contributed by atoms with Crippen molar-refractivity contribution >= 4 is 0 Å². The molecule has 1 aromatic rings. The first-order valence-corrected chi connectivity index (χ1v) is 5.92. The summed E-state index contributed by atoms with van der Waals surface area (Å²) >= 11 is 0. The lowest BCUT2D eigenvalue weighted by molar-refractivity contribution is 0.0125. The molecule has 0 aliphatic rings. The minimum absolute atomic E-state index is 0.0660. The molecule has 0 fully saturated rings. The lowest BCUT2D eigenvalue weighted by atomic mass is 9.95. The maximum absolute atomic E-state index is 13.1. The largest absolute Gasteiger partial charge is 0.379 e. The Labute approximate surface area is 103 Å². The second-order valence-corrected chi connectivity index (χ2v) is 5.12. The number of benzene rings is 1. The second kappa shape index (κ2) is 5.61. The Bertz CT molecular complexity index is 376. The van der Waals surface area contributed by atoms with Crippen molar-refractivity contribution in [3.8, 4) is 0 Å². The Balaban J connectivity index is 2.64. The van der Waals surface area contributed by atoms with Crippen LogP contribution in [0.15, 0.2) is 18.2 Å². The minimum atomic E-state index is -0.182. The molecule has 2 nitrogen and oxygen atoms in total. The summed E-state index contributed by atoms with van der Waals surface area (Å²) < 4.78 is 18.5. The van der Waals surface area contributed by atoms with E-state index < -0.39 is 0 Å². The number of hydrogen-bond donors (Lipinski definition) is 1. The van der Waals surface area contributed by atoms with Crippen LogP contribution >= 0.6 is 0 Å². The maximum atomic E-state index is 13.1. The van der Waals surface area contributed by atoms with E-state index in [0.717, 1.165) is 18.4 Å². The van der Waals surface area contributed by atoms with E-state index in [9.17, 15) is 4.39 Å². The van der Waals surface area contributed by atoms with Crippen molar-refractivity contribution in [3.63, 3.8) is 0 Å². The van der Waals surface area contributed by atoms with E-state index in [2.05, 4.69) is 0 Å². The molecular weight excluding hydrogens is 217 g/mol. The summed E-state index contributed by atoms with van der Waals surface area (Å²) in [5.41, 5.74) is 7.56. The molecule has 0 heterocycles. The molecule has 96 valence electrons. The van der Waals surface area contributed by atoms with Gasteiger partial charge < -0.3 is 10.5 Å². The molecule has 3 heteroatoms. The van der Waals surface area contributed by atoms with Crippen LogP contribution in [0.3, 0.4) is 0 Å². The second-order valence-electron chi connectivity index (χ2n) is 5.12. The Morgan fingerprint density at radius 3 is 2.59 bits per heavy atom. The number of methoxy groups -OCH3 is 1. The van der Waals surface area contributed by atoms with Crippen LogP contribution in [-0.4, -0.2) is 12.7 Å². The Morgan fingerprint density at radius 2 is 2.06 bits per heavy atom. The quantitative estimate of drug-likeness (QED) is 0.855. The number of ether oxygens (including phenoxy) is 1. The van der Waals surface area contributed by atoms with Gasteiger partial charge in [-0.25, -0.2) is 4.39 Å². The molecule has 17 heavy (non-hydrogen) atoms. The average molecular weight is 239 g/mol. The van der Waals surface area contributed by atoms with Gasteiger partial charge in [0.15, 0.2) is 0 Å². The number of rotatable bonds is 5. The van der Waals surface area contributed by atoms with E-state index in [0.29, 0.717) is 5.56 Å². The summed E-state index contributed by atoms with van der Waals surface area (Å²) in [6.07, 6.45) is 1.70. The highest BCUT2D eigenvalue weighted by Gasteiger charge is 2.18. The standard InChI is InChI=1S/C14H22FNO/c1-10-9-11(5-6-12(10)15)13(16)7-8-14(2,3)17-4/h5-6,9,13H,7-8,16H2,1-4H3. The monoisotopic (exact) mass is 239 g/mol. The van der Waals surface area contributed by atoms with Crippen molar-refractivity contribution in [2.24, 2.45) is 5.73 Å². The smallest absolute Gasteiger partial charge is 0.126 e. The lowest BCUT2D eigenvalue weighted by Gasteiger charge is -2.24. The minimum Gasteiger partial charge on any atom is -0.379 e. The van der Waals surface area contributed by atoms with Gasteiger partial charge in [-0.05, 0) is 50.8 Å². The van der Waals surface area contributed by atoms with Gasteiger partial charge in [0, 0.05) is 13.2 Å². The molecule has 1 unspecified atom stereocenters. The number of hydrogen-bond acceptors (Lipinski definition) is 2. The Morgan fingerprint density at radius 1 is 1.41 bits per heavy atom. The van der Waals surface area contributed by atoms with Gasteiger partial charge in [0.1, 0.15) is 5.82 Å². The molecule has 0 saturated carbocycles. The van der Waals surface area contributed by atoms with E-state index in [1.807, 2.05) is 19.9 Å². The van der Waals surface area contributed by atoms with Gasteiger partial charge >= 0.3 is 0 Å². The molecule has 0 spiro atoms. The van der Waals surface area contributed by atoms with Crippen molar-refractivity contribution in [2.75, 3.05) is 7.11 Å².